The van der Waals surface area contributed by atoms with E-state index in [2.05, 4.69) is 26.0 Å². The van der Waals surface area contributed by atoms with Crippen LogP contribution >= 0.6 is 15.9 Å². The topological polar surface area (TPSA) is 75.3 Å². The van der Waals surface area contributed by atoms with E-state index in [1.54, 1.807) is 18.2 Å². The lowest BCUT2D eigenvalue weighted by Gasteiger charge is -2.06. The predicted molar refractivity (Wildman–Crippen MR) is 68.8 cm³/mol. The van der Waals surface area contributed by atoms with Gasteiger partial charge in [0.05, 0.1) is 12.3 Å². The van der Waals surface area contributed by atoms with E-state index in [4.69, 9.17) is 0 Å². The van der Waals surface area contributed by atoms with Crippen molar-refractivity contribution >= 4 is 31.9 Å². The number of likely N-dealkylation sites (N-methyl/N-ethyl adjacent to an activating group) is 1. The fourth-order valence-electron chi connectivity index (χ4n) is 1.16. The van der Waals surface area contributed by atoms with Crippen LogP contribution in [0.15, 0.2) is 28.7 Å². The van der Waals surface area contributed by atoms with Crippen molar-refractivity contribution in [2.24, 2.45) is 0 Å². The summed E-state index contributed by atoms with van der Waals surface area (Å²) in [6, 6.07) is 7.00. The third kappa shape index (κ3) is 5.29. The van der Waals surface area contributed by atoms with Crippen LogP contribution in [0.3, 0.4) is 0 Å². The van der Waals surface area contributed by atoms with Gasteiger partial charge in [0.1, 0.15) is 0 Å². The molecule has 0 fully saturated rings. The highest BCUT2D eigenvalue weighted by Gasteiger charge is 2.12. The summed E-state index contributed by atoms with van der Waals surface area (Å²) in [7, 11) is -2.04. The Morgan fingerprint density at radius 1 is 1.41 bits per heavy atom. The largest absolute Gasteiger partial charge is 0.358 e. The summed E-state index contributed by atoms with van der Waals surface area (Å²) in [5, 5.41) is 2.34. The molecule has 0 aliphatic heterocycles. The first-order valence-corrected chi connectivity index (χ1v) is 7.30. The molecule has 0 saturated carbocycles. The fraction of sp³-hybridized carbons (Fsp3) is 0.300. The Morgan fingerprint density at radius 2 is 2.12 bits per heavy atom. The molecule has 0 aliphatic carbocycles. The van der Waals surface area contributed by atoms with Gasteiger partial charge in [-0.3, -0.25) is 4.79 Å². The molecule has 2 N–H and O–H groups in total. The average Bonchev–Trinajstić information content (AvgIpc) is 2.25. The summed E-state index contributed by atoms with van der Waals surface area (Å²) < 4.78 is 26.3. The molecule has 94 valence electrons. The molecule has 0 spiro atoms. The number of sulfonamides is 1. The zero-order chi connectivity index (χ0) is 12.9. The summed E-state index contributed by atoms with van der Waals surface area (Å²) in [5.41, 5.74) is 0.656. The molecule has 0 saturated heterocycles. The van der Waals surface area contributed by atoms with Gasteiger partial charge in [-0.05, 0) is 17.7 Å². The van der Waals surface area contributed by atoms with Crippen LogP contribution in [-0.4, -0.2) is 27.9 Å². The van der Waals surface area contributed by atoms with Crippen molar-refractivity contribution in [3.05, 3.63) is 34.3 Å². The zero-order valence-electron chi connectivity index (χ0n) is 9.23. The lowest BCUT2D eigenvalue weighted by atomic mass is 10.2. The molecule has 17 heavy (non-hydrogen) atoms. The standard InChI is InChI=1S/C10H13BrN2O3S/c1-12-10(14)6-13-17(15,16)7-8-3-2-4-9(11)5-8/h2-5,13H,6-7H2,1H3,(H,12,14). The predicted octanol–water partition coefficient (Wildman–Crippen LogP) is 0.615. The van der Waals surface area contributed by atoms with Gasteiger partial charge in [-0.2, -0.15) is 0 Å². The second kappa shape index (κ2) is 6.13. The second-order valence-corrected chi connectivity index (χ2v) is 6.11. The molecular weight excluding hydrogens is 308 g/mol. The van der Waals surface area contributed by atoms with Gasteiger partial charge in [-0.1, -0.05) is 28.1 Å². The van der Waals surface area contributed by atoms with E-state index in [9.17, 15) is 13.2 Å². The number of nitrogens with one attached hydrogen (secondary N) is 2. The van der Waals surface area contributed by atoms with E-state index in [0.29, 0.717) is 5.56 Å². The number of rotatable bonds is 5. The third-order valence-electron chi connectivity index (χ3n) is 1.98. The minimum atomic E-state index is -3.49. The van der Waals surface area contributed by atoms with Crippen LogP contribution in [0, 0.1) is 0 Å². The SMILES string of the molecule is CNC(=O)CNS(=O)(=O)Cc1cccc(Br)c1. The van der Waals surface area contributed by atoms with Crippen LogP contribution in [0.25, 0.3) is 0 Å². The Hall–Kier alpha value is -0.920. The molecule has 0 unspecified atom stereocenters. The summed E-state index contributed by atoms with van der Waals surface area (Å²) >= 11 is 3.26. The lowest BCUT2D eigenvalue weighted by Crippen LogP contribution is -2.35. The number of amides is 1. The van der Waals surface area contributed by atoms with Gasteiger partial charge in [0.2, 0.25) is 15.9 Å². The first-order chi connectivity index (χ1) is 7.93. The molecule has 1 rings (SSSR count). The molecule has 0 heterocycles. The summed E-state index contributed by atoms with van der Waals surface area (Å²) in [6.45, 7) is -0.243. The van der Waals surface area contributed by atoms with Crippen LogP contribution in [0.5, 0.6) is 0 Å². The molecule has 0 aliphatic rings. The third-order valence-corrected chi connectivity index (χ3v) is 3.77. The highest BCUT2D eigenvalue weighted by Crippen LogP contribution is 2.13. The molecule has 0 bridgehead atoms. The van der Waals surface area contributed by atoms with Crippen LogP contribution in [0.2, 0.25) is 0 Å². The van der Waals surface area contributed by atoms with Crippen molar-refractivity contribution < 1.29 is 13.2 Å². The van der Waals surface area contributed by atoms with Crippen molar-refractivity contribution in [3.63, 3.8) is 0 Å². The smallest absolute Gasteiger partial charge is 0.234 e. The maximum absolute atomic E-state index is 11.6. The van der Waals surface area contributed by atoms with Gasteiger partial charge in [0.25, 0.3) is 0 Å². The van der Waals surface area contributed by atoms with Gasteiger partial charge in [-0.25, -0.2) is 13.1 Å². The van der Waals surface area contributed by atoms with Crippen molar-refractivity contribution in [2.45, 2.75) is 5.75 Å². The number of carbonyl (C=O) groups is 1. The van der Waals surface area contributed by atoms with Crippen LogP contribution in [0.1, 0.15) is 5.56 Å². The molecule has 5 nitrogen and oxygen atoms in total. The van der Waals surface area contributed by atoms with E-state index in [1.165, 1.54) is 7.05 Å². The highest BCUT2D eigenvalue weighted by atomic mass is 79.9. The van der Waals surface area contributed by atoms with Crippen LogP contribution in [0.4, 0.5) is 0 Å². The van der Waals surface area contributed by atoms with Crippen molar-refractivity contribution in [1.29, 1.82) is 0 Å². The van der Waals surface area contributed by atoms with E-state index in [1.807, 2.05) is 6.07 Å². The second-order valence-electron chi connectivity index (χ2n) is 3.38. The Kier molecular flexibility index (Phi) is 5.10. The average molecular weight is 321 g/mol. The van der Waals surface area contributed by atoms with Gasteiger partial charge in [-0.15, -0.1) is 0 Å². The van der Waals surface area contributed by atoms with Crippen molar-refractivity contribution in [3.8, 4) is 0 Å². The molecule has 7 heteroatoms. The molecule has 0 aromatic heterocycles. The maximum Gasteiger partial charge on any atom is 0.234 e. The number of halogens is 1. The van der Waals surface area contributed by atoms with Gasteiger partial charge in [0, 0.05) is 11.5 Å². The zero-order valence-corrected chi connectivity index (χ0v) is 11.6. The van der Waals surface area contributed by atoms with Gasteiger partial charge < -0.3 is 5.32 Å². The Bertz CT molecular complexity index is 502. The van der Waals surface area contributed by atoms with Crippen molar-refractivity contribution in [1.82, 2.24) is 10.0 Å². The number of hydrogen-bond acceptors (Lipinski definition) is 3. The lowest BCUT2D eigenvalue weighted by molar-refractivity contribution is -0.119. The normalized spacial score (nSPS) is 11.2. The van der Waals surface area contributed by atoms with E-state index in [-0.39, 0.29) is 18.2 Å². The molecule has 0 radical (unpaired) electrons. The molecule has 1 aromatic rings. The number of carbonyl (C=O) groups excluding carboxylic acids is 1. The van der Waals surface area contributed by atoms with Crippen molar-refractivity contribution in [2.75, 3.05) is 13.6 Å². The Morgan fingerprint density at radius 3 is 2.71 bits per heavy atom. The first-order valence-electron chi connectivity index (χ1n) is 4.85. The van der Waals surface area contributed by atoms with E-state index < -0.39 is 10.0 Å². The quantitative estimate of drug-likeness (QED) is 0.835. The van der Waals surface area contributed by atoms with E-state index >= 15 is 0 Å². The Labute approximate surface area is 109 Å². The van der Waals surface area contributed by atoms with Gasteiger partial charge in [0.15, 0.2) is 0 Å². The van der Waals surface area contributed by atoms with Gasteiger partial charge >= 0.3 is 0 Å². The molecule has 0 atom stereocenters. The number of benzene rings is 1. The molecular formula is C10H13BrN2O3S. The molecule has 1 aromatic carbocycles. The van der Waals surface area contributed by atoms with E-state index in [0.717, 1.165) is 4.47 Å². The summed E-state index contributed by atoms with van der Waals surface area (Å²) in [4.78, 5) is 10.9. The minimum absolute atomic E-state index is 0.149. The monoisotopic (exact) mass is 320 g/mol. The molecule has 1 amide bonds. The maximum atomic E-state index is 11.6. The summed E-state index contributed by atoms with van der Waals surface area (Å²) in [6.07, 6.45) is 0. The fourth-order valence-corrected chi connectivity index (χ4v) is 2.68. The first kappa shape index (κ1) is 14.1. The highest BCUT2D eigenvalue weighted by molar-refractivity contribution is 9.10. The van der Waals surface area contributed by atoms with Crippen LogP contribution < -0.4 is 10.0 Å². The Balaban J connectivity index is 2.64. The minimum Gasteiger partial charge on any atom is -0.358 e. The van der Waals surface area contributed by atoms with Crippen LogP contribution in [-0.2, 0) is 20.6 Å². The summed E-state index contributed by atoms with van der Waals surface area (Å²) in [5.74, 6) is -0.522. The number of hydrogen-bond donors (Lipinski definition) is 2.